The van der Waals surface area contributed by atoms with Crippen LogP contribution in [0, 0.1) is 5.82 Å². The van der Waals surface area contributed by atoms with Crippen LogP contribution >= 0.6 is 0 Å². The molecule has 2 rings (SSSR count). The van der Waals surface area contributed by atoms with E-state index in [9.17, 15) is 4.39 Å². The lowest BCUT2D eigenvalue weighted by atomic mass is 10.2. The Morgan fingerprint density at radius 2 is 2.17 bits per heavy atom. The monoisotopic (exact) mass is 249 g/mol. The SMILES string of the molecule is CCCn1cc(-c2nc(NCC)ncc2F)cn1. The van der Waals surface area contributed by atoms with Crippen LogP contribution in [0.25, 0.3) is 11.3 Å². The van der Waals surface area contributed by atoms with E-state index in [1.54, 1.807) is 17.1 Å². The molecule has 2 aromatic heterocycles. The van der Waals surface area contributed by atoms with E-state index in [0.717, 1.165) is 13.0 Å². The number of hydrogen-bond acceptors (Lipinski definition) is 4. The summed E-state index contributed by atoms with van der Waals surface area (Å²) in [6.45, 7) is 5.51. The summed E-state index contributed by atoms with van der Waals surface area (Å²) in [7, 11) is 0. The van der Waals surface area contributed by atoms with Crippen LogP contribution in [0.5, 0.6) is 0 Å². The van der Waals surface area contributed by atoms with Gasteiger partial charge in [0.05, 0.1) is 12.4 Å². The minimum atomic E-state index is -0.437. The zero-order valence-corrected chi connectivity index (χ0v) is 10.5. The molecule has 5 nitrogen and oxygen atoms in total. The van der Waals surface area contributed by atoms with E-state index in [1.807, 2.05) is 6.92 Å². The van der Waals surface area contributed by atoms with Gasteiger partial charge in [-0.1, -0.05) is 6.92 Å². The molecule has 1 N–H and O–H groups in total. The lowest BCUT2D eigenvalue weighted by Gasteiger charge is -2.04. The number of nitrogens with zero attached hydrogens (tertiary/aromatic N) is 4. The number of halogens is 1. The normalized spacial score (nSPS) is 10.6. The summed E-state index contributed by atoms with van der Waals surface area (Å²) in [5.41, 5.74) is 0.950. The van der Waals surface area contributed by atoms with Crippen LogP contribution in [0.3, 0.4) is 0 Å². The summed E-state index contributed by atoms with van der Waals surface area (Å²) in [5.74, 6) is -0.00940. The van der Waals surface area contributed by atoms with Crippen LogP contribution < -0.4 is 5.32 Å². The molecule has 0 aromatic carbocycles. The fourth-order valence-corrected chi connectivity index (χ4v) is 1.65. The van der Waals surface area contributed by atoms with Gasteiger partial charge in [0, 0.05) is 24.8 Å². The second-order valence-electron chi connectivity index (χ2n) is 3.91. The minimum Gasteiger partial charge on any atom is -0.354 e. The Morgan fingerprint density at radius 3 is 2.89 bits per heavy atom. The Labute approximate surface area is 105 Å². The Balaban J connectivity index is 2.32. The number of hydrogen-bond donors (Lipinski definition) is 1. The van der Waals surface area contributed by atoms with Crippen molar-refractivity contribution in [3.8, 4) is 11.3 Å². The second-order valence-corrected chi connectivity index (χ2v) is 3.91. The van der Waals surface area contributed by atoms with Crippen LogP contribution in [-0.4, -0.2) is 26.3 Å². The molecule has 0 unspecified atom stereocenters. The fourth-order valence-electron chi connectivity index (χ4n) is 1.65. The molecule has 0 bridgehead atoms. The van der Waals surface area contributed by atoms with Crippen molar-refractivity contribution in [1.82, 2.24) is 19.7 Å². The molecule has 6 heteroatoms. The van der Waals surface area contributed by atoms with E-state index in [0.29, 0.717) is 18.1 Å². The summed E-state index contributed by atoms with van der Waals surface area (Å²) in [6.07, 6.45) is 5.58. The first kappa shape index (κ1) is 12.5. The summed E-state index contributed by atoms with van der Waals surface area (Å²) < 4.78 is 15.5. The maximum Gasteiger partial charge on any atom is 0.223 e. The van der Waals surface area contributed by atoms with Crippen LogP contribution in [0.2, 0.25) is 0 Å². The van der Waals surface area contributed by atoms with Gasteiger partial charge in [0.2, 0.25) is 5.95 Å². The second kappa shape index (κ2) is 5.57. The number of nitrogens with one attached hydrogen (secondary N) is 1. The third-order valence-corrected chi connectivity index (χ3v) is 2.44. The van der Waals surface area contributed by atoms with Crippen molar-refractivity contribution >= 4 is 5.95 Å². The van der Waals surface area contributed by atoms with Crippen LogP contribution in [0.15, 0.2) is 18.6 Å². The van der Waals surface area contributed by atoms with E-state index in [1.165, 1.54) is 6.20 Å². The molecule has 0 aliphatic rings. The van der Waals surface area contributed by atoms with Crippen molar-refractivity contribution in [2.75, 3.05) is 11.9 Å². The molecule has 0 amide bonds. The van der Waals surface area contributed by atoms with Crippen LogP contribution in [0.1, 0.15) is 20.3 Å². The van der Waals surface area contributed by atoms with Gasteiger partial charge in [-0.15, -0.1) is 0 Å². The van der Waals surface area contributed by atoms with Crippen molar-refractivity contribution in [3.05, 3.63) is 24.4 Å². The van der Waals surface area contributed by atoms with Gasteiger partial charge in [-0.25, -0.2) is 14.4 Å². The molecule has 0 aliphatic heterocycles. The first-order valence-electron chi connectivity index (χ1n) is 6.03. The first-order valence-corrected chi connectivity index (χ1v) is 6.03. The van der Waals surface area contributed by atoms with Gasteiger partial charge in [-0.2, -0.15) is 5.10 Å². The van der Waals surface area contributed by atoms with Gasteiger partial charge in [0.1, 0.15) is 5.69 Å². The Kier molecular flexibility index (Phi) is 3.86. The summed E-state index contributed by atoms with van der Waals surface area (Å²) in [4.78, 5) is 8.03. The lowest BCUT2D eigenvalue weighted by molar-refractivity contribution is 0.602. The first-order chi connectivity index (χ1) is 8.74. The highest BCUT2D eigenvalue weighted by molar-refractivity contribution is 5.58. The predicted octanol–water partition coefficient (Wildman–Crippen LogP) is 2.32. The molecular weight excluding hydrogens is 233 g/mol. The quantitative estimate of drug-likeness (QED) is 0.883. The summed E-state index contributed by atoms with van der Waals surface area (Å²) >= 11 is 0. The van der Waals surface area contributed by atoms with Gasteiger partial charge in [-0.05, 0) is 13.3 Å². The van der Waals surface area contributed by atoms with E-state index in [4.69, 9.17) is 0 Å². The van der Waals surface area contributed by atoms with E-state index >= 15 is 0 Å². The number of aromatic nitrogens is 4. The standard InChI is InChI=1S/C12H16FN5/c1-3-5-18-8-9(6-16-18)11-10(13)7-15-12(17-11)14-4-2/h6-8H,3-5H2,1-2H3,(H,14,15,17). The molecule has 2 aromatic rings. The number of aryl methyl sites for hydroxylation is 1. The number of rotatable bonds is 5. The summed E-state index contributed by atoms with van der Waals surface area (Å²) in [5, 5.41) is 7.13. The van der Waals surface area contributed by atoms with Gasteiger partial charge in [0.15, 0.2) is 5.82 Å². The molecule has 0 fully saturated rings. The van der Waals surface area contributed by atoms with Gasteiger partial charge < -0.3 is 5.32 Å². The van der Waals surface area contributed by atoms with Crippen molar-refractivity contribution in [1.29, 1.82) is 0 Å². The minimum absolute atomic E-state index is 0.281. The average molecular weight is 249 g/mol. The molecule has 0 saturated carbocycles. The number of anilines is 1. The Hall–Kier alpha value is -1.98. The van der Waals surface area contributed by atoms with Crippen LogP contribution in [-0.2, 0) is 6.54 Å². The largest absolute Gasteiger partial charge is 0.354 e. The highest BCUT2D eigenvalue weighted by atomic mass is 19.1. The Bertz CT molecular complexity index is 523. The lowest BCUT2D eigenvalue weighted by Crippen LogP contribution is -2.03. The highest BCUT2D eigenvalue weighted by Crippen LogP contribution is 2.20. The Morgan fingerprint density at radius 1 is 1.33 bits per heavy atom. The van der Waals surface area contributed by atoms with Crippen molar-refractivity contribution in [2.45, 2.75) is 26.8 Å². The fraction of sp³-hybridized carbons (Fsp3) is 0.417. The molecule has 96 valence electrons. The zero-order valence-electron chi connectivity index (χ0n) is 10.5. The van der Waals surface area contributed by atoms with Gasteiger partial charge >= 0.3 is 0 Å². The molecule has 0 spiro atoms. The van der Waals surface area contributed by atoms with Gasteiger partial charge in [0.25, 0.3) is 0 Å². The van der Waals surface area contributed by atoms with Crippen molar-refractivity contribution < 1.29 is 4.39 Å². The van der Waals surface area contributed by atoms with E-state index < -0.39 is 5.82 Å². The predicted molar refractivity (Wildman–Crippen MR) is 67.7 cm³/mol. The maximum atomic E-state index is 13.7. The molecule has 0 saturated heterocycles. The summed E-state index contributed by atoms with van der Waals surface area (Å²) in [6, 6.07) is 0. The zero-order chi connectivity index (χ0) is 13.0. The molecule has 18 heavy (non-hydrogen) atoms. The topological polar surface area (TPSA) is 55.6 Å². The third kappa shape index (κ3) is 2.64. The maximum absolute atomic E-state index is 13.7. The smallest absolute Gasteiger partial charge is 0.223 e. The molecule has 2 heterocycles. The molecule has 0 atom stereocenters. The average Bonchev–Trinajstić information content (AvgIpc) is 2.81. The van der Waals surface area contributed by atoms with E-state index in [-0.39, 0.29) is 5.69 Å². The molecule has 0 radical (unpaired) electrons. The molecular formula is C12H16FN5. The van der Waals surface area contributed by atoms with Gasteiger partial charge in [-0.3, -0.25) is 4.68 Å². The highest BCUT2D eigenvalue weighted by Gasteiger charge is 2.11. The molecule has 0 aliphatic carbocycles. The third-order valence-electron chi connectivity index (χ3n) is 2.44. The van der Waals surface area contributed by atoms with Crippen LogP contribution in [0.4, 0.5) is 10.3 Å². The van der Waals surface area contributed by atoms with E-state index in [2.05, 4.69) is 27.3 Å². The van der Waals surface area contributed by atoms with Crippen molar-refractivity contribution in [2.24, 2.45) is 0 Å². The van der Waals surface area contributed by atoms with Crippen molar-refractivity contribution in [3.63, 3.8) is 0 Å².